The molecule has 22 heavy (non-hydrogen) atoms. The first kappa shape index (κ1) is 17.5. The molecule has 1 aliphatic rings. The first-order valence-electron chi connectivity index (χ1n) is 6.51. The highest BCUT2D eigenvalue weighted by Gasteiger charge is 2.52. The van der Waals surface area contributed by atoms with Crippen LogP contribution in [0.25, 0.3) is 0 Å². The van der Waals surface area contributed by atoms with E-state index < -0.39 is 46.0 Å². The predicted molar refractivity (Wildman–Crippen MR) is 74.3 cm³/mol. The topological polar surface area (TPSA) is 58.6 Å². The molecule has 0 saturated carbocycles. The Kier molecular flexibility index (Phi) is 4.23. The Bertz CT molecular complexity index is 600. The molecule has 1 aromatic carbocycles. The SMILES string of the molecule is CC1(C)OB(c2ccc(S(=O)[O-])c(C(F)(F)F)c2)OC1(C)C. The van der Waals surface area contributed by atoms with Gasteiger partial charge in [-0.25, -0.2) is 0 Å². The van der Waals surface area contributed by atoms with Crippen LogP contribution in [0.3, 0.4) is 0 Å². The third-order valence-electron chi connectivity index (χ3n) is 4.01. The minimum atomic E-state index is -4.78. The second kappa shape index (κ2) is 5.33. The van der Waals surface area contributed by atoms with E-state index in [0.29, 0.717) is 0 Å². The molecule has 1 aliphatic heterocycles. The zero-order valence-corrected chi connectivity index (χ0v) is 13.3. The van der Waals surface area contributed by atoms with Gasteiger partial charge in [-0.05, 0) is 56.4 Å². The van der Waals surface area contributed by atoms with E-state index >= 15 is 0 Å². The molecule has 2 rings (SSSR count). The molecule has 0 aromatic heterocycles. The van der Waals surface area contributed by atoms with E-state index in [0.717, 1.165) is 12.1 Å². The maximum atomic E-state index is 13.0. The zero-order valence-electron chi connectivity index (χ0n) is 12.5. The molecule has 1 heterocycles. The van der Waals surface area contributed by atoms with E-state index in [1.807, 2.05) is 0 Å². The quantitative estimate of drug-likeness (QED) is 0.614. The van der Waals surface area contributed by atoms with Crippen LogP contribution in [0, 0.1) is 0 Å². The third-order valence-corrected chi connectivity index (χ3v) is 4.73. The highest BCUT2D eigenvalue weighted by Crippen LogP contribution is 2.37. The van der Waals surface area contributed by atoms with Crippen molar-refractivity contribution in [2.75, 3.05) is 0 Å². The summed E-state index contributed by atoms with van der Waals surface area (Å²) in [6, 6.07) is 2.93. The summed E-state index contributed by atoms with van der Waals surface area (Å²) >= 11 is -2.98. The van der Waals surface area contributed by atoms with Gasteiger partial charge in [-0.15, -0.1) is 0 Å². The molecule has 4 nitrogen and oxygen atoms in total. The van der Waals surface area contributed by atoms with Crippen LogP contribution in [0.4, 0.5) is 13.2 Å². The monoisotopic (exact) mass is 335 g/mol. The number of halogens is 3. The molecular weight excluding hydrogens is 320 g/mol. The molecule has 0 spiro atoms. The van der Waals surface area contributed by atoms with Gasteiger partial charge < -0.3 is 13.9 Å². The molecule has 1 fully saturated rings. The van der Waals surface area contributed by atoms with E-state index in [-0.39, 0.29) is 5.46 Å². The smallest absolute Gasteiger partial charge is 0.494 e. The molecule has 1 atom stereocenters. The van der Waals surface area contributed by atoms with Gasteiger partial charge in [0.2, 0.25) is 0 Å². The van der Waals surface area contributed by atoms with E-state index in [1.54, 1.807) is 27.7 Å². The van der Waals surface area contributed by atoms with Gasteiger partial charge in [-0.3, -0.25) is 4.21 Å². The number of benzene rings is 1. The van der Waals surface area contributed by atoms with E-state index in [4.69, 9.17) is 9.31 Å². The van der Waals surface area contributed by atoms with Crippen LogP contribution in [0.5, 0.6) is 0 Å². The molecule has 0 aliphatic carbocycles. The average Bonchev–Trinajstić information content (AvgIpc) is 2.56. The summed E-state index contributed by atoms with van der Waals surface area (Å²) in [6.07, 6.45) is -4.78. The maximum Gasteiger partial charge on any atom is 0.494 e. The van der Waals surface area contributed by atoms with Gasteiger partial charge in [0.15, 0.2) is 0 Å². The van der Waals surface area contributed by atoms with Gasteiger partial charge in [0, 0.05) is 4.90 Å². The van der Waals surface area contributed by atoms with Gasteiger partial charge in [0.25, 0.3) is 0 Å². The van der Waals surface area contributed by atoms with Crippen molar-refractivity contribution in [1.29, 1.82) is 0 Å². The van der Waals surface area contributed by atoms with E-state index in [1.165, 1.54) is 6.07 Å². The molecule has 0 N–H and O–H groups in total. The minimum Gasteiger partial charge on any atom is -0.768 e. The Balaban J connectivity index is 2.45. The second-order valence-corrected chi connectivity index (χ2v) is 6.99. The molecule has 9 heteroatoms. The first-order valence-corrected chi connectivity index (χ1v) is 7.59. The number of alkyl halides is 3. The fraction of sp³-hybridized carbons (Fsp3) is 0.538. The molecule has 1 aromatic rings. The van der Waals surface area contributed by atoms with Crippen LogP contribution >= 0.6 is 0 Å². The summed E-state index contributed by atoms with van der Waals surface area (Å²) in [7, 11) is -0.986. The van der Waals surface area contributed by atoms with Crippen molar-refractivity contribution in [1.82, 2.24) is 0 Å². The van der Waals surface area contributed by atoms with Crippen LogP contribution < -0.4 is 5.46 Å². The molecular formula is C13H15BF3O4S-. The van der Waals surface area contributed by atoms with Crippen LogP contribution in [0.2, 0.25) is 0 Å². The Labute approximate surface area is 129 Å². The van der Waals surface area contributed by atoms with Gasteiger partial charge in [-0.1, -0.05) is 6.07 Å². The van der Waals surface area contributed by atoms with Crippen molar-refractivity contribution < 1.29 is 31.2 Å². The Hall–Kier alpha value is -0.895. The summed E-state index contributed by atoms with van der Waals surface area (Å²) in [6.45, 7) is 7.11. The lowest BCUT2D eigenvalue weighted by atomic mass is 9.78. The van der Waals surface area contributed by atoms with Crippen molar-refractivity contribution in [2.24, 2.45) is 0 Å². The molecule has 0 radical (unpaired) electrons. The van der Waals surface area contributed by atoms with E-state index in [2.05, 4.69) is 0 Å². The standard InChI is InChI=1S/C13H16BF3O4S/c1-11(2)12(3,4)21-14(20-11)8-5-6-10(22(18)19)9(7-8)13(15,16)17/h5-7H,1-4H3,(H,18,19)/p-1. The van der Waals surface area contributed by atoms with Crippen molar-refractivity contribution in [2.45, 2.75) is 50.0 Å². The van der Waals surface area contributed by atoms with Gasteiger partial charge >= 0.3 is 13.3 Å². The number of hydrogen-bond donors (Lipinski definition) is 0. The first-order chi connectivity index (χ1) is 9.85. The summed E-state index contributed by atoms with van der Waals surface area (Å²) in [5.74, 6) is 0. The maximum absolute atomic E-state index is 13.0. The fourth-order valence-corrected chi connectivity index (χ4v) is 2.57. The minimum absolute atomic E-state index is 0.125. The second-order valence-electron chi connectivity index (χ2n) is 6.08. The molecule has 122 valence electrons. The van der Waals surface area contributed by atoms with Gasteiger partial charge in [0.05, 0.1) is 16.8 Å². The molecule has 1 unspecified atom stereocenters. The van der Waals surface area contributed by atoms with Crippen molar-refractivity contribution in [3.8, 4) is 0 Å². The lowest BCUT2D eigenvalue weighted by Crippen LogP contribution is -2.41. The molecule has 0 bridgehead atoms. The number of rotatable bonds is 2. The summed E-state index contributed by atoms with van der Waals surface area (Å²) in [5, 5.41) is 0. The molecule has 1 saturated heterocycles. The van der Waals surface area contributed by atoms with Crippen LogP contribution in [0.15, 0.2) is 23.1 Å². The van der Waals surface area contributed by atoms with E-state index in [9.17, 15) is 21.9 Å². The summed E-state index contributed by atoms with van der Waals surface area (Å²) in [5.41, 5.74) is -2.50. The Morgan fingerprint density at radius 1 is 1.14 bits per heavy atom. The summed E-state index contributed by atoms with van der Waals surface area (Å²) < 4.78 is 72.3. The van der Waals surface area contributed by atoms with Crippen LogP contribution in [-0.4, -0.2) is 27.1 Å². The highest BCUT2D eigenvalue weighted by molar-refractivity contribution is 7.79. The van der Waals surface area contributed by atoms with Crippen molar-refractivity contribution >= 4 is 23.7 Å². The fourth-order valence-electron chi connectivity index (χ4n) is 2.04. The van der Waals surface area contributed by atoms with Gasteiger partial charge in [0.1, 0.15) is 0 Å². The lowest BCUT2D eigenvalue weighted by Gasteiger charge is -2.32. The van der Waals surface area contributed by atoms with Crippen LogP contribution in [-0.2, 0) is 26.6 Å². The Morgan fingerprint density at radius 3 is 2.05 bits per heavy atom. The zero-order chi connectivity index (χ0) is 16.9. The number of hydrogen-bond acceptors (Lipinski definition) is 4. The summed E-state index contributed by atoms with van der Waals surface area (Å²) in [4.78, 5) is -0.798. The van der Waals surface area contributed by atoms with Crippen molar-refractivity contribution in [3.05, 3.63) is 23.8 Å². The van der Waals surface area contributed by atoms with Crippen LogP contribution in [0.1, 0.15) is 33.3 Å². The predicted octanol–water partition coefficient (Wildman–Crippen LogP) is 2.24. The Morgan fingerprint density at radius 2 is 1.64 bits per heavy atom. The third kappa shape index (κ3) is 3.08. The largest absolute Gasteiger partial charge is 0.768 e. The highest BCUT2D eigenvalue weighted by atomic mass is 32.2. The van der Waals surface area contributed by atoms with Crippen molar-refractivity contribution in [3.63, 3.8) is 0 Å². The normalized spacial score (nSPS) is 21.9. The average molecular weight is 335 g/mol. The molecule has 0 amide bonds. The lowest BCUT2D eigenvalue weighted by molar-refractivity contribution is -0.139. The van der Waals surface area contributed by atoms with Gasteiger partial charge in [-0.2, -0.15) is 13.2 Å².